The van der Waals surface area contributed by atoms with Crippen LogP contribution in [-0.2, 0) is 5.41 Å². The van der Waals surface area contributed by atoms with Crippen LogP contribution >= 0.6 is 0 Å². The van der Waals surface area contributed by atoms with Crippen molar-refractivity contribution in [3.63, 3.8) is 0 Å². The summed E-state index contributed by atoms with van der Waals surface area (Å²) in [6.45, 7) is 4.69. The summed E-state index contributed by atoms with van der Waals surface area (Å²) >= 11 is 0. The van der Waals surface area contributed by atoms with Gasteiger partial charge in [-0.05, 0) is 119 Å². The van der Waals surface area contributed by atoms with Crippen LogP contribution in [0.1, 0.15) is 25.0 Å². The quantitative estimate of drug-likeness (QED) is 0.0973. The third-order valence-corrected chi connectivity index (χ3v) is 25.5. The van der Waals surface area contributed by atoms with E-state index in [4.69, 9.17) is 49.8 Å². The second kappa shape index (κ2) is 32.6. The zero-order valence-electron chi connectivity index (χ0n) is 72.0. The van der Waals surface area contributed by atoms with Crippen molar-refractivity contribution in [1.82, 2.24) is 63.5 Å². The van der Waals surface area contributed by atoms with Gasteiger partial charge >= 0.3 is 0 Å². The lowest BCUT2D eigenvalue weighted by molar-refractivity contribution is 0.661. The summed E-state index contributed by atoms with van der Waals surface area (Å²) in [6.07, 6.45) is 0. The van der Waals surface area contributed by atoms with Crippen LogP contribution in [0.25, 0.3) is 230 Å². The van der Waals surface area contributed by atoms with E-state index >= 15 is 0 Å². The van der Waals surface area contributed by atoms with Gasteiger partial charge in [-0.15, -0.1) is 0 Å². The van der Waals surface area contributed by atoms with E-state index in [1.807, 2.05) is 182 Å². The third-order valence-electron chi connectivity index (χ3n) is 25.5. The number of fused-ring (bicyclic) bond motifs is 14. The molecule has 17 aromatic carbocycles. The first-order valence-corrected chi connectivity index (χ1v) is 44.4. The van der Waals surface area contributed by atoms with Gasteiger partial charge in [0.25, 0.3) is 0 Å². The average molecular weight is 1690 g/mol. The Bertz CT molecular complexity index is 8330. The number of para-hydroxylation sites is 4. The molecule has 0 amide bonds. The largest absolute Gasteiger partial charge is 0.309 e. The summed E-state index contributed by atoms with van der Waals surface area (Å²) in [5, 5.41) is 7.18. The van der Waals surface area contributed by atoms with E-state index in [1.54, 1.807) is 0 Å². The van der Waals surface area contributed by atoms with E-state index in [9.17, 15) is 0 Å². The second-order valence-corrected chi connectivity index (χ2v) is 33.7. The molecule has 0 fully saturated rings. The van der Waals surface area contributed by atoms with Gasteiger partial charge in [-0.1, -0.05) is 360 Å². The minimum absolute atomic E-state index is 0.138. The molecule has 7 aromatic heterocycles. The number of hydrogen-bond acceptors (Lipinski definition) is 10. The SMILES string of the molecule is CC1(C)c2ccccc2-c2c1ccc1c2c2ccccc2n1-c1ccc(-c2nc(-c3ccccc3)nc(-c3ccccc3)n2)cc1-c1cc(-c2ccccc2)nc(-c2ccccc2)n1.c1ccc(-c2cc(-c3ccccc3)nc(-c3cc(-c4nc(-c5ccccc5)nc(-c5ccccc5)n4)ccc3-n3c4ccccc4c4c5c6ccccc6n(-c6ccccc6)c5ccc43)n2)cc1. The first-order chi connectivity index (χ1) is 65.2. The molecule has 0 saturated heterocycles. The maximum atomic E-state index is 5.44. The van der Waals surface area contributed by atoms with Crippen molar-refractivity contribution in [2.45, 2.75) is 19.3 Å². The van der Waals surface area contributed by atoms with Crippen molar-refractivity contribution in [2.75, 3.05) is 0 Å². The molecule has 0 N–H and O–H groups in total. The molecule has 0 aliphatic heterocycles. The van der Waals surface area contributed by atoms with Crippen molar-refractivity contribution < 1.29 is 0 Å². The fourth-order valence-corrected chi connectivity index (χ4v) is 19.3. The monoisotopic (exact) mass is 1690 g/mol. The number of aromatic nitrogens is 13. The van der Waals surface area contributed by atoms with E-state index in [-0.39, 0.29) is 5.41 Å². The molecule has 0 radical (unpaired) electrons. The van der Waals surface area contributed by atoms with Gasteiger partial charge in [0.1, 0.15) is 0 Å². The van der Waals surface area contributed by atoms with Crippen molar-refractivity contribution in [3.05, 3.63) is 454 Å². The van der Waals surface area contributed by atoms with Crippen molar-refractivity contribution in [3.8, 4) is 164 Å². The summed E-state index contributed by atoms with van der Waals surface area (Å²) in [6, 6.07) is 154. The zero-order chi connectivity index (χ0) is 87.7. The minimum Gasteiger partial charge on any atom is -0.309 e. The summed E-state index contributed by atoms with van der Waals surface area (Å²) < 4.78 is 7.19. The van der Waals surface area contributed by atoms with Crippen LogP contribution in [0.5, 0.6) is 0 Å². The lowest BCUT2D eigenvalue weighted by Gasteiger charge is -2.21. The number of hydrogen-bond donors (Lipinski definition) is 0. The number of nitrogens with zero attached hydrogens (tertiary/aromatic N) is 13. The lowest BCUT2D eigenvalue weighted by Crippen LogP contribution is -2.14. The van der Waals surface area contributed by atoms with Crippen molar-refractivity contribution >= 4 is 65.4 Å². The van der Waals surface area contributed by atoms with Crippen LogP contribution in [0.2, 0.25) is 0 Å². The molecule has 0 bridgehead atoms. The molecule has 1 aliphatic rings. The van der Waals surface area contributed by atoms with Gasteiger partial charge < -0.3 is 13.7 Å². The normalized spacial score (nSPS) is 12.1. The summed E-state index contributed by atoms with van der Waals surface area (Å²) in [5.41, 5.74) is 29.1. The predicted octanol–water partition coefficient (Wildman–Crippen LogP) is 28.9. The Balaban J connectivity index is 0.000000146. The molecule has 24 aromatic rings. The molecule has 1 aliphatic carbocycles. The average Bonchev–Trinajstić information content (AvgIpc) is 1.55. The first-order valence-electron chi connectivity index (χ1n) is 44.4. The van der Waals surface area contributed by atoms with Gasteiger partial charge in [0, 0.05) is 110 Å². The van der Waals surface area contributed by atoms with Gasteiger partial charge in [0.15, 0.2) is 46.6 Å². The predicted molar refractivity (Wildman–Crippen MR) is 537 cm³/mol. The molecular weight excluding hydrogens is 1610 g/mol. The molecule has 25 rings (SSSR count). The van der Waals surface area contributed by atoms with Gasteiger partial charge in [0.05, 0.1) is 67.3 Å². The second-order valence-electron chi connectivity index (χ2n) is 33.7. The Kier molecular flexibility index (Phi) is 19.2. The molecule has 0 unspecified atom stereocenters. The molecule has 7 heterocycles. The van der Waals surface area contributed by atoms with E-state index in [1.165, 1.54) is 49.2 Å². The highest BCUT2D eigenvalue weighted by Gasteiger charge is 2.38. The maximum absolute atomic E-state index is 5.44. The van der Waals surface area contributed by atoms with Gasteiger partial charge in [-0.2, -0.15) is 0 Å². The van der Waals surface area contributed by atoms with Crippen LogP contribution in [0.4, 0.5) is 0 Å². The standard InChI is InChI=1S/C61H39N7.C58H40N6/c1-6-20-40(21-7-1)49-39-50(41-22-8-2-9-23-41)63-61(62-49)48-38-44(60-65-58(42-24-10-3-11-25-42)64-59(66-60)43-26-12-4-13-27-43)34-35-53(48)68-52-33-19-17-31-47(52)57-55(68)37-36-54-56(57)46-30-16-18-32-51(46)67(54)45-28-14-5-15-29-45;1-58(2)45-29-17-15-27-42(45)52-46(58)32-34-51-53(52)43-28-16-18-30-49(43)64(51)50-33-31-41(57-62-55(39-23-11-5-12-24-39)61-56(63-57)40-25-13-6-14-26-40)35-44(50)48-36-47(37-19-7-3-8-20-37)59-54(60-48)38-21-9-4-10-22-38/h1-39H;3-36H,1-2H3. The molecule has 0 atom stereocenters. The van der Waals surface area contributed by atoms with Crippen LogP contribution in [0, 0.1) is 0 Å². The van der Waals surface area contributed by atoms with Gasteiger partial charge in [-0.3, -0.25) is 0 Å². The highest BCUT2D eigenvalue weighted by Crippen LogP contribution is 2.54. The van der Waals surface area contributed by atoms with Crippen LogP contribution in [-0.4, -0.2) is 63.5 Å². The van der Waals surface area contributed by atoms with E-state index in [0.717, 1.165) is 145 Å². The Labute approximate surface area is 761 Å². The zero-order valence-corrected chi connectivity index (χ0v) is 72.0. The minimum atomic E-state index is -0.138. The van der Waals surface area contributed by atoms with E-state index < -0.39 is 0 Å². The fourth-order valence-electron chi connectivity index (χ4n) is 19.3. The molecule has 13 nitrogen and oxygen atoms in total. The molecule has 132 heavy (non-hydrogen) atoms. The Morgan fingerprint density at radius 2 is 0.477 bits per heavy atom. The Hall–Kier alpha value is -17.7. The van der Waals surface area contributed by atoms with Crippen LogP contribution < -0.4 is 0 Å². The highest BCUT2D eigenvalue weighted by molar-refractivity contribution is 6.29. The lowest BCUT2D eigenvalue weighted by atomic mass is 9.82. The summed E-state index contributed by atoms with van der Waals surface area (Å²) in [4.78, 5) is 52.2. The summed E-state index contributed by atoms with van der Waals surface area (Å²) in [7, 11) is 0. The number of rotatable bonds is 15. The molecule has 0 spiro atoms. The highest BCUT2D eigenvalue weighted by atomic mass is 15.1. The first kappa shape index (κ1) is 77.9. The van der Waals surface area contributed by atoms with Gasteiger partial charge in [0.2, 0.25) is 0 Å². The van der Waals surface area contributed by atoms with Crippen molar-refractivity contribution in [2.24, 2.45) is 0 Å². The molecule has 620 valence electrons. The topological polar surface area (TPSA) is 144 Å². The third kappa shape index (κ3) is 13.7. The fraction of sp³-hybridized carbons (Fsp3) is 0.0252. The van der Waals surface area contributed by atoms with Crippen LogP contribution in [0.3, 0.4) is 0 Å². The molecule has 13 heteroatoms. The summed E-state index contributed by atoms with van der Waals surface area (Å²) in [5.74, 6) is 4.74. The Morgan fingerprint density at radius 3 is 0.909 bits per heavy atom. The number of benzene rings is 17. The van der Waals surface area contributed by atoms with Crippen LogP contribution in [0.15, 0.2) is 443 Å². The smallest absolute Gasteiger partial charge is 0.164 e. The van der Waals surface area contributed by atoms with Crippen molar-refractivity contribution in [1.29, 1.82) is 0 Å². The van der Waals surface area contributed by atoms with E-state index in [0.29, 0.717) is 46.6 Å². The van der Waals surface area contributed by atoms with Gasteiger partial charge in [-0.25, -0.2) is 49.8 Å². The molecule has 0 saturated carbocycles. The van der Waals surface area contributed by atoms with E-state index in [2.05, 4.69) is 288 Å². The maximum Gasteiger partial charge on any atom is 0.164 e. The Morgan fingerprint density at radius 1 is 0.182 bits per heavy atom. The molecular formula is C119H79N13.